The van der Waals surface area contributed by atoms with Gasteiger partial charge in [0.05, 0.1) is 10.2 Å². The maximum atomic E-state index is 11.9. The minimum atomic E-state index is -0.638. The number of nitrogens with zero attached hydrogens (tertiary/aromatic N) is 2. The number of para-hydroxylation sites is 1. The van der Waals surface area contributed by atoms with Crippen molar-refractivity contribution in [1.29, 1.82) is 0 Å². The van der Waals surface area contributed by atoms with Crippen molar-refractivity contribution in [2.75, 3.05) is 12.1 Å². The number of rotatable bonds is 4. The summed E-state index contributed by atoms with van der Waals surface area (Å²) in [4.78, 5) is 36.8. The molecule has 0 fully saturated rings. The Morgan fingerprint density at radius 2 is 2.00 bits per heavy atom. The number of carbonyl (C=O) groups is 1. The Hall–Kier alpha value is -2.35. The number of halogens is 1. The lowest BCUT2D eigenvalue weighted by Crippen LogP contribution is -2.43. The van der Waals surface area contributed by atoms with Crippen molar-refractivity contribution in [2.24, 2.45) is 0 Å². The van der Waals surface area contributed by atoms with Crippen LogP contribution in [0.15, 0.2) is 50.6 Å². The van der Waals surface area contributed by atoms with Crippen LogP contribution in [0.3, 0.4) is 0 Å². The van der Waals surface area contributed by atoms with Gasteiger partial charge in [-0.1, -0.05) is 18.2 Å². The molecule has 0 saturated heterocycles. The van der Waals surface area contributed by atoms with Gasteiger partial charge in [-0.2, -0.15) is 0 Å². The number of H-pyrrole nitrogens is 1. The van der Waals surface area contributed by atoms with Gasteiger partial charge in [0.2, 0.25) is 0 Å². The van der Waals surface area contributed by atoms with E-state index in [1.54, 1.807) is 12.1 Å². The molecule has 0 aliphatic heterocycles. The topological polar surface area (TPSA) is 87.2 Å². The van der Waals surface area contributed by atoms with E-state index in [1.165, 1.54) is 6.20 Å². The summed E-state index contributed by atoms with van der Waals surface area (Å²) in [6.45, 7) is -0.203. The van der Waals surface area contributed by atoms with Crippen LogP contribution in [0.5, 0.6) is 0 Å². The molecule has 7 nitrogen and oxygen atoms in total. The molecule has 0 radical (unpaired) electrons. The fourth-order valence-electron chi connectivity index (χ4n) is 1.69. The Labute approximate surface area is 128 Å². The maximum absolute atomic E-state index is 11.9. The van der Waals surface area contributed by atoms with E-state index in [9.17, 15) is 14.4 Å². The molecule has 2 rings (SSSR count). The summed E-state index contributed by atoms with van der Waals surface area (Å²) in [5.41, 5.74) is 2.27. The van der Waals surface area contributed by atoms with Gasteiger partial charge in [0.1, 0.15) is 6.54 Å². The lowest BCUT2D eigenvalue weighted by molar-refractivity contribution is -0.121. The van der Waals surface area contributed by atoms with Crippen molar-refractivity contribution >= 4 is 27.5 Å². The summed E-state index contributed by atoms with van der Waals surface area (Å²) in [6.07, 6.45) is 1.28. The zero-order valence-electron chi connectivity index (χ0n) is 11.2. The van der Waals surface area contributed by atoms with Crippen molar-refractivity contribution in [3.63, 3.8) is 0 Å². The van der Waals surface area contributed by atoms with Gasteiger partial charge in [-0.25, -0.2) is 4.79 Å². The van der Waals surface area contributed by atoms with E-state index in [4.69, 9.17) is 0 Å². The van der Waals surface area contributed by atoms with Crippen molar-refractivity contribution in [1.82, 2.24) is 15.0 Å². The normalized spacial score (nSPS) is 10.2. The molecule has 0 atom stereocenters. The van der Waals surface area contributed by atoms with Crippen LogP contribution < -0.4 is 21.7 Å². The second-order valence-electron chi connectivity index (χ2n) is 4.29. The monoisotopic (exact) mass is 352 g/mol. The minimum absolute atomic E-state index is 0.186. The highest BCUT2D eigenvalue weighted by molar-refractivity contribution is 9.10. The summed E-state index contributed by atoms with van der Waals surface area (Å²) < 4.78 is 1.30. The van der Waals surface area contributed by atoms with E-state index in [-0.39, 0.29) is 16.9 Å². The van der Waals surface area contributed by atoms with E-state index in [0.29, 0.717) is 0 Å². The summed E-state index contributed by atoms with van der Waals surface area (Å²) in [5.74, 6) is -0.387. The molecule has 0 spiro atoms. The SMILES string of the molecule is CN(NC(=O)Cn1cc(Br)c(=O)[nH]c1=O)c1ccccc1. The Kier molecular flexibility index (Phi) is 4.59. The van der Waals surface area contributed by atoms with Crippen LogP contribution in [-0.2, 0) is 11.3 Å². The van der Waals surface area contributed by atoms with Gasteiger partial charge in [-0.05, 0) is 28.1 Å². The van der Waals surface area contributed by atoms with Gasteiger partial charge in [0, 0.05) is 13.2 Å². The van der Waals surface area contributed by atoms with Crippen molar-refractivity contribution in [3.05, 3.63) is 61.8 Å². The van der Waals surface area contributed by atoms with Gasteiger partial charge in [0.25, 0.3) is 11.5 Å². The minimum Gasteiger partial charge on any atom is -0.290 e. The summed E-state index contributed by atoms with van der Waals surface area (Å²) in [7, 11) is 1.69. The first kappa shape index (κ1) is 15.0. The maximum Gasteiger partial charge on any atom is 0.328 e. The van der Waals surface area contributed by atoms with E-state index in [2.05, 4.69) is 26.3 Å². The fourth-order valence-corrected chi connectivity index (χ4v) is 2.04. The highest BCUT2D eigenvalue weighted by atomic mass is 79.9. The number of hydrogen-bond donors (Lipinski definition) is 2. The predicted molar refractivity (Wildman–Crippen MR) is 82.0 cm³/mol. The largest absolute Gasteiger partial charge is 0.328 e. The van der Waals surface area contributed by atoms with Crippen molar-refractivity contribution < 1.29 is 4.79 Å². The lowest BCUT2D eigenvalue weighted by atomic mass is 10.3. The van der Waals surface area contributed by atoms with E-state index < -0.39 is 11.2 Å². The van der Waals surface area contributed by atoms with Crippen LogP contribution in [0.25, 0.3) is 0 Å². The molecule has 1 aromatic heterocycles. The second kappa shape index (κ2) is 6.40. The van der Waals surface area contributed by atoms with Gasteiger partial charge in [0.15, 0.2) is 0 Å². The molecule has 0 saturated carbocycles. The highest BCUT2D eigenvalue weighted by Crippen LogP contribution is 2.08. The summed E-state index contributed by atoms with van der Waals surface area (Å²) in [5, 5.41) is 1.55. The first-order chi connectivity index (χ1) is 9.97. The summed E-state index contributed by atoms with van der Waals surface area (Å²) >= 11 is 3.01. The first-order valence-corrected chi connectivity index (χ1v) is 6.84. The number of anilines is 1. The molecule has 0 aliphatic carbocycles. The molecule has 2 N–H and O–H groups in total. The highest BCUT2D eigenvalue weighted by Gasteiger charge is 2.09. The van der Waals surface area contributed by atoms with E-state index in [0.717, 1.165) is 10.3 Å². The van der Waals surface area contributed by atoms with E-state index >= 15 is 0 Å². The number of benzene rings is 1. The Morgan fingerprint density at radius 1 is 1.33 bits per heavy atom. The molecule has 1 aromatic carbocycles. The standard InChI is InChI=1S/C13H13BrN4O3/c1-17(9-5-3-2-4-6-9)16-11(19)8-18-7-10(14)12(20)15-13(18)21/h2-7H,8H2,1H3,(H,16,19)(H,15,20,21). The molecule has 0 aliphatic rings. The molecular formula is C13H13BrN4O3. The zero-order valence-corrected chi connectivity index (χ0v) is 12.8. The molecule has 1 heterocycles. The van der Waals surface area contributed by atoms with Crippen LogP contribution in [0.1, 0.15) is 0 Å². The molecule has 1 amide bonds. The summed E-state index contributed by atoms with van der Waals surface area (Å²) in [6, 6.07) is 9.24. The van der Waals surface area contributed by atoms with Crippen molar-refractivity contribution in [3.8, 4) is 0 Å². The Balaban J connectivity index is 2.07. The number of aromatic amines is 1. The quantitative estimate of drug-likeness (QED) is 0.783. The first-order valence-electron chi connectivity index (χ1n) is 6.05. The number of amides is 1. The lowest BCUT2D eigenvalue weighted by Gasteiger charge is -2.20. The van der Waals surface area contributed by atoms with Gasteiger partial charge < -0.3 is 0 Å². The van der Waals surface area contributed by atoms with E-state index in [1.807, 2.05) is 30.3 Å². The van der Waals surface area contributed by atoms with Crippen LogP contribution in [0.2, 0.25) is 0 Å². The fraction of sp³-hybridized carbons (Fsp3) is 0.154. The number of hydrazine groups is 1. The molecule has 2 aromatic rings. The van der Waals surface area contributed by atoms with Crippen LogP contribution in [-0.4, -0.2) is 22.5 Å². The molecular weight excluding hydrogens is 340 g/mol. The number of nitrogens with one attached hydrogen (secondary N) is 2. The number of carbonyl (C=O) groups excluding carboxylic acids is 1. The average Bonchev–Trinajstić information content (AvgIpc) is 2.45. The molecule has 0 unspecified atom stereocenters. The predicted octanol–water partition coefficient (Wildman–Crippen LogP) is 0.467. The number of hydrogen-bond acceptors (Lipinski definition) is 4. The Morgan fingerprint density at radius 3 is 2.67 bits per heavy atom. The molecule has 110 valence electrons. The third kappa shape index (κ3) is 3.82. The van der Waals surface area contributed by atoms with Gasteiger partial charge >= 0.3 is 5.69 Å². The third-order valence-corrected chi connectivity index (χ3v) is 3.28. The molecule has 0 bridgehead atoms. The average molecular weight is 353 g/mol. The smallest absolute Gasteiger partial charge is 0.290 e. The van der Waals surface area contributed by atoms with Crippen LogP contribution in [0.4, 0.5) is 5.69 Å². The van der Waals surface area contributed by atoms with Crippen LogP contribution in [0, 0.1) is 0 Å². The van der Waals surface area contributed by atoms with Gasteiger partial charge in [-0.15, -0.1) is 0 Å². The van der Waals surface area contributed by atoms with Gasteiger partial charge in [-0.3, -0.25) is 29.6 Å². The molecule has 21 heavy (non-hydrogen) atoms. The third-order valence-electron chi connectivity index (χ3n) is 2.72. The van der Waals surface area contributed by atoms with Crippen molar-refractivity contribution in [2.45, 2.75) is 6.54 Å². The second-order valence-corrected chi connectivity index (χ2v) is 5.15. The Bertz CT molecular complexity index is 754. The number of aromatic nitrogens is 2. The van der Waals surface area contributed by atoms with Crippen LogP contribution >= 0.6 is 15.9 Å². The molecule has 8 heteroatoms. The zero-order chi connectivity index (χ0) is 15.4.